The highest BCUT2D eigenvalue weighted by Crippen LogP contribution is 2.22. The molecule has 0 fully saturated rings. The number of carboxylic acid groups (broad SMARTS) is 1. The Bertz CT molecular complexity index is 533. The number of aromatic nitrogens is 3. The molecule has 0 aliphatic rings. The number of fused-ring (bicyclic) bond motifs is 1. The third kappa shape index (κ3) is 1.50. The van der Waals surface area contributed by atoms with Crippen molar-refractivity contribution in [1.29, 1.82) is 0 Å². The first-order valence-electron chi connectivity index (χ1n) is 4.23. The third-order valence-electron chi connectivity index (χ3n) is 1.99. The standard InChI is InChI=1S/C9H9N3O3/c1-12-4-5-3-6(9(13)14)10-8(15-2)7(5)11-12/h3-4H,1-2H3,(H,13,14). The van der Waals surface area contributed by atoms with Gasteiger partial charge in [-0.25, -0.2) is 9.78 Å². The van der Waals surface area contributed by atoms with E-state index in [1.165, 1.54) is 13.2 Å². The number of carbonyl (C=O) groups is 1. The first kappa shape index (κ1) is 9.45. The topological polar surface area (TPSA) is 77.2 Å². The Morgan fingerprint density at radius 1 is 1.60 bits per heavy atom. The normalized spacial score (nSPS) is 10.5. The molecule has 0 radical (unpaired) electrons. The smallest absolute Gasteiger partial charge is 0.354 e. The molecule has 0 unspecified atom stereocenters. The molecule has 1 N–H and O–H groups in total. The Labute approximate surface area is 85.1 Å². The molecule has 0 aliphatic heterocycles. The van der Waals surface area contributed by atoms with Crippen molar-refractivity contribution in [3.63, 3.8) is 0 Å². The summed E-state index contributed by atoms with van der Waals surface area (Å²) in [4.78, 5) is 14.6. The summed E-state index contributed by atoms with van der Waals surface area (Å²) < 4.78 is 6.57. The van der Waals surface area contributed by atoms with E-state index >= 15 is 0 Å². The van der Waals surface area contributed by atoms with E-state index in [9.17, 15) is 4.79 Å². The fourth-order valence-electron chi connectivity index (χ4n) is 1.37. The van der Waals surface area contributed by atoms with Crippen molar-refractivity contribution in [1.82, 2.24) is 14.8 Å². The zero-order valence-corrected chi connectivity index (χ0v) is 8.26. The molecule has 0 bridgehead atoms. The molecule has 0 amide bonds. The summed E-state index contributed by atoms with van der Waals surface area (Å²) in [7, 11) is 3.18. The zero-order valence-electron chi connectivity index (χ0n) is 8.26. The molecule has 78 valence electrons. The molecule has 0 aromatic carbocycles. The summed E-state index contributed by atoms with van der Waals surface area (Å²) in [6.45, 7) is 0. The van der Waals surface area contributed by atoms with Gasteiger partial charge in [-0.2, -0.15) is 5.10 Å². The maximum absolute atomic E-state index is 10.8. The predicted molar refractivity (Wildman–Crippen MR) is 52.0 cm³/mol. The van der Waals surface area contributed by atoms with Crippen LogP contribution in [0.15, 0.2) is 12.3 Å². The Kier molecular flexibility index (Phi) is 2.03. The molecular weight excluding hydrogens is 198 g/mol. The van der Waals surface area contributed by atoms with Crippen LogP contribution in [-0.4, -0.2) is 33.0 Å². The van der Waals surface area contributed by atoms with Crippen LogP contribution >= 0.6 is 0 Å². The largest absolute Gasteiger partial charge is 0.479 e. The van der Waals surface area contributed by atoms with Crippen LogP contribution in [0.2, 0.25) is 0 Å². The molecule has 6 heteroatoms. The summed E-state index contributed by atoms with van der Waals surface area (Å²) in [5.41, 5.74) is 0.511. The summed E-state index contributed by atoms with van der Waals surface area (Å²) in [6.07, 6.45) is 1.71. The van der Waals surface area contributed by atoms with Crippen LogP contribution in [0.25, 0.3) is 10.9 Å². The van der Waals surface area contributed by atoms with Gasteiger partial charge in [0.15, 0.2) is 11.2 Å². The molecule has 0 aliphatic carbocycles. The molecule has 0 saturated heterocycles. The van der Waals surface area contributed by atoms with Crippen molar-refractivity contribution in [2.45, 2.75) is 0 Å². The van der Waals surface area contributed by atoms with Gasteiger partial charge in [0.1, 0.15) is 0 Å². The van der Waals surface area contributed by atoms with E-state index in [2.05, 4.69) is 10.1 Å². The van der Waals surface area contributed by atoms with Crippen LogP contribution < -0.4 is 4.74 Å². The van der Waals surface area contributed by atoms with Crippen molar-refractivity contribution >= 4 is 16.9 Å². The lowest BCUT2D eigenvalue weighted by Gasteiger charge is -2.00. The summed E-state index contributed by atoms with van der Waals surface area (Å²) in [6, 6.07) is 1.47. The zero-order chi connectivity index (χ0) is 11.0. The Morgan fingerprint density at radius 3 is 2.93 bits per heavy atom. The second-order valence-electron chi connectivity index (χ2n) is 3.06. The van der Waals surface area contributed by atoms with Crippen LogP contribution in [0.5, 0.6) is 5.88 Å². The fraction of sp³-hybridized carbons (Fsp3) is 0.222. The summed E-state index contributed by atoms with van der Waals surface area (Å²) in [5, 5.41) is 13.6. The van der Waals surface area contributed by atoms with Gasteiger partial charge in [-0.05, 0) is 6.07 Å². The maximum Gasteiger partial charge on any atom is 0.354 e. The number of rotatable bonds is 2. The van der Waals surface area contributed by atoms with Crippen molar-refractivity contribution < 1.29 is 14.6 Å². The first-order valence-corrected chi connectivity index (χ1v) is 4.23. The lowest BCUT2D eigenvalue weighted by molar-refractivity contribution is 0.0690. The highest BCUT2D eigenvalue weighted by atomic mass is 16.5. The van der Waals surface area contributed by atoms with Gasteiger partial charge in [0.05, 0.1) is 7.11 Å². The van der Waals surface area contributed by atoms with E-state index in [1.807, 2.05) is 0 Å². The second kappa shape index (κ2) is 3.23. The highest BCUT2D eigenvalue weighted by molar-refractivity contribution is 5.92. The second-order valence-corrected chi connectivity index (χ2v) is 3.06. The van der Waals surface area contributed by atoms with Crippen molar-refractivity contribution in [3.05, 3.63) is 18.0 Å². The van der Waals surface area contributed by atoms with Crippen LogP contribution in [0.3, 0.4) is 0 Å². The molecule has 0 saturated carbocycles. The molecule has 15 heavy (non-hydrogen) atoms. The van der Waals surface area contributed by atoms with Gasteiger partial charge in [0.2, 0.25) is 5.88 Å². The number of pyridine rings is 1. The number of ether oxygens (including phenoxy) is 1. The van der Waals surface area contributed by atoms with Gasteiger partial charge in [0.25, 0.3) is 0 Å². The van der Waals surface area contributed by atoms with E-state index in [1.54, 1.807) is 17.9 Å². The molecule has 2 heterocycles. The lowest BCUT2D eigenvalue weighted by atomic mass is 10.2. The van der Waals surface area contributed by atoms with Gasteiger partial charge < -0.3 is 9.84 Å². The number of hydrogen-bond donors (Lipinski definition) is 1. The van der Waals surface area contributed by atoms with Crippen molar-refractivity contribution in [3.8, 4) is 5.88 Å². The van der Waals surface area contributed by atoms with Gasteiger partial charge in [-0.15, -0.1) is 0 Å². The molecule has 0 spiro atoms. The van der Waals surface area contributed by atoms with Crippen LogP contribution in [-0.2, 0) is 7.05 Å². The fourth-order valence-corrected chi connectivity index (χ4v) is 1.37. The van der Waals surface area contributed by atoms with Gasteiger partial charge >= 0.3 is 5.97 Å². The maximum atomic E-state index is 10.8. The molecule has 0 atom stereocenters. The van der Waals surface area contributed by atoms with E-state index in [4.69, 9.17) is 9.84 Å². The molecule has 6 nitrogen and oxygen atoms in total. The molecule has 2 rings (SSSR count). The first-order chi connectivity index (χ1) is 7.11. The monoisotopic (exact) mass is 207 g/mol. The highest BCUT2D eigenvalue weighted by Gasteiger charge is 2.13. The molecule has 2 aromatic heterocycles. The number of aryl methyl sites for hydroxylation is 1. The Hall–Kier alpha value is -2.11. The lowest BCUT2D eigenvalue weighted by Crippen LogP contribution is -2.01. The number of hydrogen-bond acceptors (Lipinski definition) is 4. The minimum absolute atomic E-state index is 0.0487. The average molecular weight is 207 g/mol. The van der Waals surface area contributed by atoms with Gasteiger partial charge in [0, 0.05) is 18.6 Å². The van der Waals surface area contributed by atoms with Crippen LogP contribution in [0.1, 0.15) is 10.5 Å². The number of nitrogens with zero attached hydrogens (tertiary/aromatic N) is 3. The number of aromatic carboxylic acids is 1. The Morgan fingerprint density at radius 2 is 2.33 bits per heavy atom. The molecular formula is C9H9N3O3. The predicted octanol–water partition coefficient (Wildman–Crippen LogP) is 0.675. The van der Waals surface area contributed by atoms with Gasteiger partial charge in [-0.3, -0.25) is 4.68 Å². The van der Waals surface area contributed by atoms with E-state index in [-0.39, 0.29) is 11.6 Å². The quantitative estimate of drug-likeness (QED) is 0.783. The minimum Gasteiger partial charge on any atom is -0.479 e. The minimum atomic E-state index is -1.08. The van der Waals surface area contributed by atoms with E-state index in [0.717, 1.165) is 0 Å². The third-order valence-corrected chi connectivity index (χ3v) is 1.99. The van der Waals surface area contributed by atoms with Crippen LogP contribution in [0, 0.1) is 0 Å². The van der Waals surface area contributed by atoms with Crippen molar-refractivity contribution in [2.24, 2.45) is 7.05 Å². The number of methoxy groups -OCH3 is 1. The van der Waals surface area contributed by atoms with Gasteiger partial charge in [-0.1, -0.05) is 0 Å². The SMILES string of the molecule is COc1nc(C(=O)O)cc2cn(C)nc12. The van der Waals surface area contributed by atoms with E-state index < -0.39 is 5.97 Å². The summed E-state index contributed by atoms with van der Waals surface area (Å²) in [5.74, 6) is -0.857. The number of carboxylic acids is 1. The molecule has 2 aromatic rings. The van der Waals surface area contributed by atoms with Crippen molar-refractivity contribution in [2.75, 3.05) is 7.11 Å². The van der Waals surface area contributed by atoms with E-state index in [0.29, 0.717) is 10.9 Å². The van der Waals surface area contributed by atoms with Crippen LogP contribution in [0.4, 0.5) is 0 Å². The Balaban J connectivity index is 2.76. The average Bonchev–Trinajstić information content (AvgIpc) is 2.56. The summed E-state index contributed by atoms with van der Waals surface area (Å²) >= 11 is 0.